The molecule has 110 valence electrons. The van der Waals surface area contributed by atoms with Crippen molar-refractivity contribution in [2.75, 3.05) is 39.4 Å². The smallest absolute Gasteiger partial charge is 0.249 e. The Hall–Kier alpha value is -0.690. The zero-order chi connectivity index (χ0) is 13.7. The van der Waals surface area contributed by atoms with Crippen molar-refractivity contribution in [1.82, 2.24) is 10.2 Å². The van der Waals surface area contributed by atoms with Crippen LogP contribution in [0.25, 0.3) is 0 Å². The highest BCUT2D eigenvalue weighted by molar-refractivity contribution is 5.81. The van der Waals surface area contributed by atoms with Crippen LogP contribution in [0.1, 0.15) is 19.8 Å². The fraction of sp³-hybridized carbons (Fsp3) is 0.923. The Morgan fingerprint density at radius 3 is 2.79 bits per heavy atom. The monoisotopic (exact) mass is 271 g/mol. The number of ether oxygens (including phenoxy) is 2. The minimum absolute atomic E-state index is 0.00305. The molecule has 6 nitrogen and oxygen atoms in total. The lowest BCUT2D eigenvalue weighted by Gasteiger charge is -2.29. The average molecular weight is 271 g/mol. The van der Waals surface area contributed by atoms with E-state index in [1.165, 1.54) is 0 Å². The highest BCUT2D eigenvalue weighted by atomic mass is 16.5. The molecule has 0 saturated carbocycles. The second kappa shape index (κ2) is 7.19. The summed E-state index contributed by atoms with van der Waals surface area (Å²) < 4.78 is 10.9. The van der Waals surface area contributed by atoms with E-state index in [1.54, 1.807) is 0 Å². The van der Waals surface area contributed by atoms with Crippen LogP contribution in [0.3, 0.4) is 0 Å². The molecular formula is C13H25N3O3. The van der Waals surface area contributed by atoms with E-state index in [0.29, 0.717) is 6.54 Å². The first kappa shape index (κ1) is 14.7. The lowest BCUT2D eigenvalue weighted by atomic mass is 10.2. The van der Waals surface area contributed by atoms with Crippen LogP contribution in [0.2, 0.25) is 0 Å². The van der Waals surface area contributed by atoms with Crippen LogP contribution in [0.5, 0.6) is 0 Å². The third-order valence-electron chi connectivity index (χ3n) is 3.69. The summed E-state index contributed by atoms with van der Waals surface area (Å²) in [5, 5.41) is 3.03. The molecule has 2 fully saturated rings. The van der Waals surface area contributed by atoms with E-state index in [9.17, 15) is 4.79 Å². The van der Waals surface area contributed by atoms with Gasteiger partial charge in [-0.25, -0.2) is 0 Å². The molecule has 2 heterocycles. The van der Waals surface area contributed by atoms with Gasteiger partial charge in [0.25, 0.3) is 0 Å². The predicted octanol–water partition coefficient (Wildman–Crippen LogP) is -0.670. The highest BCUT2D eigenvalue weighted by Gasteiger charge is 2.30. The summed E-state index contributed by atoms with van der Waals surface area (Å²) in [6, 6.07) is 0.131. The summed E-state index contributed by atoms with van der Waals surface area (Å²) in [5.74, 6) is -0.00305. The van der Waals surface area contributed by atoms with Crippen LogP contribution in [0.4, 0.5) is 0 Å². The Labute approximate surface area is 114 Å². The molecule has 0 aromatic heterocycles. The maximum absolute atomic E-state index is 12.0. The summed E-state index contributed by atoms with van der Waals surface area (Å²) in [4.78, 5) is 14.4. The van der Waals surface area contributed by atoms with Gasteiger partial charge in [0.2, 0.25) is 5.91 Å². The van der Waals surface area contributed by atoms with Crippen LogP contribution < -0.4 is 11.1 Å². The van der Waals surface area contributed by atoms with E-state index >= 15 is 0 Å². The van der Waals surface area contributed by atoms with Gasteiger partial charge in [-0.2, -0.15) is 0 Å². The number of morpholine rings is 1. The Morgan fingerprint density at radius 2 is 2.16 bits per heavy atom. The number of nitrogens with two attached hydrogens (primary N) is 1. The molecular weight excluding hydrogens is 246 g/mol. The van der Waals surface area contributed by atoms with Gasteiger partial charge in [0, 0.05) is 32.2 Å². The minimum Gasteiger partial charge on any atom is -0.379 e. The van der Waals surface area contributed by atoms with Crippen molar-refractivity contribution in [3.05, 3.63) is 0 Å². The van der Waals surface area contributed by atoms with Crippen LogP contribution in [-0.2, 0) is 14.3 Å². The van der Waals surface area contributed by atoms with Crippen molar-refractivity contribution >= 4 is 5.91 Å². The first-order chi connectivity index (χ1) is 9.19. The molecule has 3 atom stereocenters. The molecule has 0 aromatic carbocycles. The van der Waals surface area contributed by atoms with Crippen LogP contribution >= 0.6 is 0 Å². The van der Waals surface area contributed by atoms with Gasteiger partial charge in [0.15, 0.2) is 0 Å². The third-order valence-corrected chi connectivity index (χ3v) is 3.69. The Morgan fingerprint density at radius 1 is 1.42 bits per heavy atom. The minimum atomic E-state index is -0.319. The molecule has 0 aliphatic carbocycles. The molecule has 2 rings (SSSR count). The topological polar surface area (TPSA) is 76.8 Å². The Bertz CT molecular complexity index is 295. The van der Waals surface area contributed by atoms with Crippen molar-refractivity contribution in [2.24, 2.45) is 5.73 Å². The van der Waals surface area contributed by atoms with Gasteiger partial charge in [-0.15, -0.1) is 0 Å². The summed E-state index contributed by atoms with van der Waals surface area (Å²) in [6.07, 6.45) is 1.38. The summed E-state index contributed by atoms with van der Waals surface area (Å²) >= 11 is 0. The highest BCUT2D eigenvalue weighted by Crippen LogP contribution is 2.18. The molecule has 0 spiro atoms. The largest absolute Gasteiger partial charge is 0.379 e. The van der Waals surface area contributed by atoms with E-state index in [2.05, 4.69) is 10.2 Å². The fourth-order valence-electron chi connectivity index (χ4n) is 2.62. The fourth-order valence-corrected chi connectivity index (χ4v) is 2.62. The van der Waals surface area contributed by atoms with Gasteiger partial charge in [0.05, 0.1) is 19.3 Å². The van der Waals surface area contributed by atoms with Gasteiger partial charge in [-0.1, -0.05) is 0 Å². The molecule has 2 aliphatic heterocycles. The van der Waals surface area contributed by atoms with Gasteiger partial charge in [-0.05, 0) is 19.8 Å². The van der Waals surface area contributed by atoms with E-state index < -0.39 is 0 Å². The third kappa shape index (κ3) is 4.42. The van der Waals surface area contributed by atoms with Crippen molar-refractivity contribution in [1.29, 1.82) is 0 Å². The quantitative estimate of drug-likeness (QED) is 0.693. The number of carbonyl (C=O) groups is 1. The number of rotatable bonds is 5. The number of carbonyl (C=O) groups excluding carboxylic acids is 1. The average Bonchev–Trinajstić information content (AvgIpc) is 2.88. The SMILES string of the molecule is CC(CN1CCOCC1)NC(=O)[C@@H]1CC[C@H](CN)O1. The molecule has 1 amide bonds. The van der Waals surface area contributed by atoms with Gasteiger partial charge in [0.1, 0.15) is 6.10 Å². The molecule has 0 radical (unpaired) electrons. The number of hydrogen-bond donors (Lipinski definition) is 2. The molecule has 2 aliphatic rings. The van der Waals surface area contributed by atoms with E-state index in [0.717, 1.165) is 45.7 Å². The lowest BCUT2D eigenvalue weighted by molar-refractivity contribution is -0.132. The van der Waals surface area contributed by atoms with E-state index in [-0.39, 0.29) is 24.2 Å². The maximum Gasteiger partial charge on any atom is 0.249 e. The summed E-state index contributed by atoms with van der Waals surface area (Å²) in [5.41, 5.74) is 5.55. The Balaban J connectivity index is 1.69. The number of nitrogens with zero attached hydrogens (tertiary/aromatic N) is 1. The molecule has 6 heteroatoms. The number of nitrogens with one attached hydrogen (secondary N) is 1. The molecule has 2 saturated heterocycles. The van der Waals surface area contributed by atoms with E-state index in [4.69, 9.17) is 15.2 Å². The summed E-state index contributed by atoms with van der Waals surface area (Å²) in [7, 11) is 0. The number of hydrogen-bond acceptors (Lipinski definition) is 5. The van der Waals surface area contributed by atoms with Crippen LogP contribution in [0, 0.1) is 0 Å². The first-order valence-electron chi connectivity index (χ1n) is 7.15. The zero-order valence-electron chi connectivity index (χ0n) is 11.6. The van der Waals surface area contributed by atoms with Crippen LogP contribution in [0.15, 0.2) is 0 Å². The van der Waals surface area contributed by atoms with Crippen LogP contribution in [-0.4, -0.2) is 68.4 Å². The molecule has 3 N–H and O–H groups in total. The first-order valence-corrected chi connectivity index (χ1v) is 7.15. The standard InChI is InChI=1S/C13H25N3O3/c1-10(9-16-4-6-18-7-5-16)15-13(17)12-3-2-11(8-14)19-12/h10-12H,2-9,14H2,1H3,(H,15,17)/t10?,11-,12+/m1/s1. The molecule has 0 bridgehead atoms. The van der Waals surface area contributed by atoms with Gasteiger partial charge < -0.3 is 20.5 Å². The predicted molar refractivity (Wildman–Crippen MR) is 71.8 cm³/mol. The number of amides is 1. The summed E-state index contributed by atoms with van der Waals surface area (Å²) in [6.45, 7) is 6.83. The van der Waals surface area contributed by atoms with Gasteiger partial charge in [-0.3, -0.25) is 9.69 Å². The zero-order valence-corrected chi connectivity index (χ0v) is 11.6. The van der Waals surface area contributed by atoms with Crippen molar-refractivity contribution < 1.29 is 14.3 Å². The molecule has 0 aromatic rings. The van der Waals surface area contributed by atoms with Gasteiger partial charge >= 0.3 is 0 Å². The van der Waals surface area contributed by atoms with Crippen molar-refractivity contribution in [2.45, 2.75) is 38.0 Å². The van der Waals surface area contributed by atoms with E-state index in [1.807, 2.05) is 6.92 Å². The second-order valence-electron chi connectivity index (χ2n) is 5.38. The molecule has 19 heavy (non-hydrogen) atoms. The normalized spacial score (nSPS) is 30.2. The molecule has 1 unspecified atom stereocenters. The second-order valence-corrected chi connectivity index (χ2v) is 5.38. The van der Waals surface area contributed by atoms with Crippen molar-refractivity contribution in [3.63, 3.8) is 0 Å². The lowest BCUT2D eigenvalue weighted by Crippen LogP contribution is -2.48. The van der Waals surface area contributed by atoms with Crippen molar-refractivity contribution in [3.8, 4) is 0 Å². The maximum atomic E-state index is 12.0. The Kier molecular flexibility index (Phi) is 5.57.